The lowest BCUT2D eigenvalue weighted by atomic mass is 9.91. The van der Waals surface area contributed by atoms with Crippen LogP contribution >= 0.6 is 23.2 Å². The first-order valence-electron chi connectivity index (χ1n) is 9.62. The van der Waals surface area contributed by atoms with Crippen molar-refractivity contribution in [3.8, 4) is 0 Å². The van der Waals surface area contributed by atoms with Crippen LogP contribution in [0.1, 0.15) is 30.4 Å². The summed E-state index contributed by atoms with van der Waals surface area (Å²) in [5.41, 5.74) is 5.22. The summed E-state index contributed by atoms with van der Waals surface area (Å²) in [6, 6.07) is 23.8. The lowest BCUT2D eigenvalue weighted by Gasteiger charge is -2.16. The van der Waals surface area contributed by atoms with E-state index in [1.165, 1.54) is 0 Å². The Morgan fingerprint density at radius 3 is 2.03 bits per heavy atom. The van der Waals surface area contributed by atoms with Crippen molar-refractivity contribution in [2.24, 2.45) is 5.10 Å². The van der Waals surface area contributed by atoms with Crippen LogP contribution in [0.3, 0.4) is 0 Å². The van der Waals surface area contributed by atoms with Gasteiger partial charge >= 0.3 is 0 Å². The quantitative estimate of drug-likeness (QED) is 0.358. The third-order valence-corrected chi connectivity index (χ3v) is 5.05. The minimum Gasteiger partial charge on any atom is -0.324 e. The number of carbonyl (C=O) groups is 2. The molecular weight excluding hydrogens is 433 g/mol. The van der Waals surface area contributed by atoms with Crippen LogP contribution < -0.4 is 10.7 Å². The Labute approximate surface area is 191 Å². The molecule has 0 atom stereocenters. The average Bonchev–Trinajstić information content (AvgIpc) is 2.76. The van der Waals surface area contributed by atoms with Crippen LogP contribution in [0.2, 0.25) is 10.0 Å². The normalized spacial score (nSPS) is 11.3. The molecule has 7 heteroatoms. The molecular formula is C24H21Cl2N3O2. The maximum Gasteiger partial charge on any atom is 0.252 e. The minimum atomic E-state index is -0.513. The summed E-state index contributed by atoms with van der Waals surface area (Å²) in [6.07, 6.45) is 0.000571. The summed E-state index contributed by atoms with van der Waals surface area (Å²) in [7, 11) is 0. The maximum absolute atomic E-state index is 13.0. The second-order valence-corrected chi connectivity index (χ2v) is 7.77. The summed E-state index contributed by atoms with van der Waals surface area (Å²) < 4.78 is 0. The highest BCUT2D eigenvalue weighted by Gasteiger charge is 2.22. The molecule has 5 nitrogen and oxygen atoms in total. The second kappa shape index (κ2) is 10.8. The molecule has 2 N–H and O–H groups in total. The molecule has 0 aromatic heterocycles. The fraction of sp³-hybridized carbons (Fsp3) is 0.125. The van der Waals surface area contributed by atoms with Gasteiger partial charge in [0.2, 0.25) is 5.91 Å². The lowest BCUT2D eigenvalue weighted by molar-refractivity contribution is -0.121. The number of hydrogen-bond donors (Lipinski definition) is 2. The zero-order chi connectivity index (χ0) is 22.2. The van der Waals surface area contributed by atoms with Gasteiger partial charge in [-0.1, -0.05) is 83.9 Å². The van der Waals surface area contributed by atoms with E-state index >= 15 is 0 Å². The second-order valence-electron chi connectivity index (χ2n) is 6.93. The largest absolute Gasteiger partial charge is 0.324 e. The van der Waals surface area contributed by atoms with Crippen LogP contribution in [0.4, 0.5) is 5.69 Å². The predicted octanol–water partition coefficient (Wildman–Crippen LogP) is 5.65. The molecule has 2 amide bonds. The van der Waals surface area contributed by atoms with Gasteiger partial charge in [0.25, 0.3) is 5.91 Å². The Morgan fingerprint density at radius 1 is 0.903 bits per heavy atom. The number of halogens is 2. The highest BCUT2D eigenvalue weighted by atomic mass is 35.5. The average molecular weight is 454 g/mol. The van der Waals surface area contributed by atoms with Crippen molar-refractivity contribution in [1.82, 2.24) is 5.43 Å². The smallest absolute Gasteiger partial charge is 0.252 e. The van der Waals surface area contributed by atoms with E-state index in [0.29, 0.717) is 21.4 Å². The molecule has 0 fully saturated rings. The van der Waals surface area contributed by atoms with Crippen LogP contribution in [0, 0.1) is 0 Å². The van der Waals surface area contributed by atoms with Crippen molar-refractivity contribution >= 4 is 46.4 Å². The topological polar surface area (TPSA) is 70.6 Å². The molecule has 3 aromatic carbocycles. The van der Waals surface area contributed by atoms with Crippen molar-refractivity contribution in [2.75, 3.05) is 5.32 Å². The van der Waals surface area contributed by atoms with E-state index in [2.05, 4.69) is 15.8 Å². The summed E-state index contributed by atoms with van der Waals surface area (Å²) >= 11 is 11.9. The van der Waals surface area contributed by atoms with E-state index in [4.69, 9.17) is 23.2 Å². The number of anilines is 1. The van der Waals surface area contributed by atoms with Crippen LogP contribution in [-0.2, 0) is 9.59 Å². The van der Waals surface area contributed by atoms with E-state index in [-0.39, 0.29) is 18.2 Å². The summed E-state index contributed by atoms with van der Waals surface area (Å²) in [5.74, 6) is -1.10. The van der Waals surface area contributed by atoms with Gasteiger partial charge in [0.1, 0.15) is 0 Å². The third-order valence-electron chi connectivity index (χ3n) is 4.51. The highest BCUT2D eigenvalue weighted by Crippen LogP contribution is 2.26. The van der Waals surface area contributed by atoms with Gasteiger partial charge < -0.3 is 5.32 Å². The molecule has 0 spiro atoms. The number of carbonyl (C=O) groups excluding carboxylic acids is 2. The highest BCUT2D eigenvalue weighted by molar-refractivity contribution is 6.36. The van der Waals surface area contributed by atoms with Gasteiger partial charge in [0, 0.05) is 10.7 Å². The molecule has 0 saturated carbocycles. The van der Waals surface area contributed by atoms with Crippen molar-refractivity contribution in [2.45, 2.75) is 19.3 Å². The summed E-state index contributed by atoms with van der Waals surface area (Å²) in [6.45, 7) is 1.67. The molecule has 3 aromatic rings. The Balaban J connectivity index is 1.67. The Hall–Kier alpha value is -3.15. The van der Waals surface area contributed by atoms with Crippen molar-refractivity contribution in [3.05, 3.63) is 100 Å². The van der Waals surface area contributed by atoms with Gasteiger partial charge in [-0.2, -0.15) is 5.10 Å². The van der Waals surface area contributed by atoms with E-state index in [1.807, 2.05) is 60.7 Å². The monoisotopic (exact) mass is 453 g/mol. The molecule has 158 valence electrons. The molecule has 3 rings (SSSR count). The Kier molecular flexibility index (Phi) is 7.82. The van der Waals surface area contributed by atoms with E-state index in [9.17, 15) is 9.59 Å². The molecule has 31 heavy (non-hydrogen) atoms. The molecule has 0 aliphatic heterocycles. The minimum absolute atomic E-state index is 0.000571. The Bertz CT molecular complexity index is 1050. The number of nitrogens with zero attached hydrogens (tertiary/aromatic N) is 1. The SMILES string of the molecule is C/C(CC(=O)Nc1ccc(Cl)cc1Cl)=N/NC(=O)C(c1ccccc1)c1ccccc1. The van der Waals surface area contributed by atoms with Crippen molar-refractivity contribution in [1.29, 1.82) is 0 Å². The number of nitrogens with one attached hydrogen (secondary N) is 2. The third kappa shape index (κ3) is 6.41. The van der Waals surface area contributed by atoms with Gasteiger partial charge in [0.15, 0.2) is 0 Å². The molecule has 0 aliphatic rings. The van der Waals surface area contributed by atoms with Crippen LogP contribution in [0.15, 0.2) is 84.0 Å². The summed E-state index contributed by atoms with van der Waals surface area (Å²) in [5, 5.41) is 7.65. The zero-order valence-corrected chi connectivity index (χ0v) is 18.3. The van der Waals surface area contributed by atoms with E-state index < -0.39 is 5.92 Å². The van der Waals surface area contributed by atoms with Crippen LogP contribution in [0.5, 0.6) is 0 Å². The van der Waals surface area contributed by atoms with E-state index in [1.54, 1.807) is 25.1 Å². The number of amides is 2. The van der Waals surface area contributed by atoms with Gasteiger partial charge in [-0.15, -0.1) is 0 Å². The molecule has 0 radical (unpaired) electrons. The first-order valence-corrected chi connectivity index (χ1v) is 10.4. The van der Waals surface area contributed by atoms with Gasteiger partial charge in [-0.05, 0) is 36.2 Å². The predicted molar refractivity (Wildman–Crippen MR) is 126 cm³/mol. The van der Waals surface area contributed by atoms with Gasteiger partial charge in [0.05, 0.1) is 23.0 Å². The van der Waals surface area contributed by atoms with Crippen LogP contribution in [0.25, 0.3) is 0 Å². The Morgan fingerprint density at radius 2 is 1.48 bits per heavy atom. The number of hydrazone groups is 1. The maximum atomic E-state index is 13.0. The summed E-state index contributed by atoms with van der Waals surface area (Å²) in [4.78, 5) is 25.2. The fourth-order valence-electron chi connectivity index (χ4n) is 3.06. The van der Waals surface area contributed by atoms with Crippen molar-refractivity contribution < 1.29 is 9.59 Å². The molecule has 0 unspecified atom stereocenters. The number of rotatable bonds is 7. The fourth-order valence-corrected chi connectivity index (χ4v) is 3.51. The van der Waals surface area contributed by atoms with E-state index in [0.717, 1.165) is 11.1 Å². The number of hydrogen-bond acceptors (Lipinski definition) is 3. The van der Waals surface area contributed by atoms with Crippen molar-refractivity contribution in [3.63, 3.8) is 0 Å². The zero-order valence-electron chi connectivity index (χ0n) is 16.8. The number of benzene rings is 3. The van der Waals surface area contributed by atoms with Crippen LogP contribution in [-0.4, -0.2) is 17.5 Å². The lowest BCUT2D eigenvalue weighted by Crippen LogP contribution is -2.27. The van der Waals surface area contributed by atoms with Gasteiger partial charge in [-0.25, -0.2) is 5.43 Å². The molecule has 0 bridgehead atoms. The molecule has 0 heterocycles. The first kappa shape index (κ1) is 22.5. The molecule has 0 saturated heterocycles. The first-order chi connectivity index (χ1) is 14.9. The molecule has 0 aliphatic carbocycles. The standard InChI is InChI=1S/C24H21Cl2N3O2/c1-16(14-22(30)27-21-13-12-19(25)15-20(21)26)28-29-24(31)23(17-8-4-2-5-9-17)18-10-6-3-7-11-18/h2-13,15,23H,14H2,1H3,(H,27,30)(H,29,31)/b28-16-. The van der Waals surface area contributed by atoms with Gasteiger partial charge in [-0.3, -0.25) is 9.59 Å².